The van der Waals surface area contributed by atoms with E-state index in [1.165, 1.54) is 11.0 Å². The van der Waals surface area contributed by atoms with Crippen molar-refractivity contribution in [2.24, 2.45) is 0 Å². The Kier molecular flexibility index (Phi) is 6.78. The van der Waals surface area contributed by atoms with Gasteiger partial charge in [-0.2, -0.15) is 0 Å². The van der Waals surface area contributed by atoms with Gasteiger partial charge >= 0.3 is 0 Å². The van der Waals surface area contributed by atoms with Gasteiger partial charge in [-0.25, -0.2) is 9.97 Å². The molecule has 0 N–H and O–H groups in total. The second-order valence-corrected chi connectivity index (χ2v) is 6.72. The molecule has 1 saturated heterocycles. The molecule has 2 aromatic rings. The number of anilines is 1. The molecule has 0 bridgehead atoms. The van der Waals surface area contributed by atoms with Gasteiger partial charge < -0.3 is 19.4 Å². The predicted octanol–water partition coefficient (Wildman–Crippen LogP) is 1.31. The van der Waals surface area contributed by atoms with Gasteiger partial charge in [-0.05, 0) is 29.8 Å². The monoisotopic (exact) mass is 395 g/mol. The summed E-state index contributed by atoms with van der Waals surface area (Å²) >= 11 is 0. The lowest BCUT2D eigenvalue weighted by Gasteiger charge is -2.35. The summed E-state index contributed by atoms with van der Waals surface area (Å²) in [5.41, 5.74) is 0.858. The molecule has 0 atom stereocenters. The lowest BCUT2D eigenvalue weighted by atomic mass is 10.2. The van der Waals surface area contributed by atoms with E-state index in [-0.39, 0.29) is 18.4 Å². The number of aromatic nitrogens is 2. The second kappa shape index (κ2) is 9.68. The maximum absolute atomic E-state index is 12.6. The highest BCUT2D eigenvalue weighted by Crippen LogP contribution is 2.14. The highest BCUT2D eigenvalue weighted by atomic mass is 16.5. The smallest absolute Gasteiger partial charge is 0.246 e. The van der Waals surface area contributed by atoms with Gasteiger partial charge in [0.2, 0.25) is 17.8 Å². The number of amides is 2. The normalized spacial score (nSPS) is 14.1. The van der Waals surface area contributed by atoms with Crippen LogP contribution in [0.15, 0.2) is 48.8 Å². The van der Waals surface area contributed by atoms with Gasteiger partial charge in [-0.3, -0.25) is 9.59 Å². The van der Waals surface area contributed by atoms with Crippen molar-refractivity contribution in [1.82, 2.24) is 19.8 Å². The molecule has 3 rings (SSSR count). The zero-order valence-electron chi connectivity index (χ0n) is 16.7. The number of carbonyl (C=O) groups excluding carboxylic acids is 2. The van der Waals surface area contributed by atoms with Gasteiger partial charge in [0, 0.05) is 51.7 Å². The topological polar surface area (TPSA) is 78.9 Å². The van der Waals surface area contributed by atoms with Gasteiger partial charge in [-0.1, -0.05) is 12.1 Å². The van der Waals surface area contributed by atoms with Crippen LogP contribution in [-0.2, 0) is 9.59 Å². The van der Waals surface area contributed by atoms with Crippen LogP contribution in [0.25, 0.3) is 6.08 Å². The van der Waals surface area contributed by atoms with E-state index in [4.69, 9.17) is 4.74 Å². The van der Waals surface area contributed by atoms with Crippen LogP contribution in [0.5, 0.6) is 5.75 Å². The quantitative estimate of drug-likeness (QED) is 0.686. The number of methoxy groups -OCH3 is 1. The van der Waals surface area contributed by atoms with Crippen LogP contribution in [0.3, 0.4) is 0 Å². The fourth-order valence-corrected chi connectivity index (χ4v) is 3.03. The van der Waals surface area contributed by atoms with Crippen LogP contribution >= 0.6 is 0 Å². The molecule has 1 aromatic heterocycles. The molecule has 2 heterocycles. The summed E-state index contributed by atoms with van der Waals surface area (Å²) in [4.78, 5) is 38.6. The third-order valence-electron chi connectivity index (χ3n) is 4.73. The van der Waals surface area contributed by atoms with Crippen molar-refractivity contribution in [2.45, 2.75) is 0 Å². The van der Waals surface area contributed by atoms with E-state index in [0.29, 0.717) is 32.1 Å². The number of piperazine rings is 1. The number of hydrogen-bond acceptors (Lipinski definition) is 6. The number of ether oxygens (including phenoxy) is 1. The Morgan fingerprint density at radius 3 is 2.55 bits per heavy atom. The fraction of sp³-hybridized carbons (Fsp3) is 0.333. The van der Waals surface area contributed by atoms with Gasteiger partial charge in [0.1, 0.15) is 5.75 Å². The van der Waals surface area contributed by atoms with Gasteiger partial charge in [0.05, 0.1) is 13.7 Å². The van der Waals surface area contributed by atoms with Crippen LogP contribution < -0.4 is 9.64 Å². The summed E-state index contributed by atoms with van der Waals surface area (Å²) in [6.45, 7) is 2.55. The predicted molar refractivity (Wildman–Crippen MR) is 110 cm³/mol. The summed E-state index contributed by atoms with van der Waals surface area (Å²) in [7, 11) is 3.23. The first kappa shape index (κ1) is 20.3. The van der Waals surface area contributed by atoms with Crippen LogP contribution in [0, 0.1) is 0 Å². The summed E-state index contributed by atoms with van der Waals surface area (Å²) in [6, 6.07) is 9.20. The molecule has 8 nitrogen and oxygen atoms in total. The molecule has 1 aliphatic heterocycles. The molecule has 1 fully saturated rings. The lowest BCUT2D eigenvalue weighted by Crippen LogP contribution is -2.51. The zero-order valence-corrected chi connectivity index (χ0v) is 16.7. The van der Waals surface area contributed by atoms with E-state index in [2.05, 4.69) is 14.9 Å². The molecule has 152 valence electrons. The summed E-state index contributed by atoms with van der Waals surface area (Å²) in [5.74, 6) is 1.11. The third kappa shape index (κ3) is 5.54. The van der Waals surface area contributed by atoms with E-state index in [1.807, 2.05) is 24.3 Å². The first-order chi connectivity index (χ1) is 14.1. The van der Waals surface area contributed by atoms with Crippen molar-refractivity contribution in [2.75, 3.05) is 51.8 Å². The molecule has 0 aliphatic carbocycles. The van der Waals surface area contributed by atoms with Gasteiger partial charge in [0.15, 0.2) is 0 Å². The molecule has 29 heavy (non-hydrogen) atoms. The highest BCUT2D eigenvalue weighted by molar-refractivity contribution is 5.94. The Morgan fingerprint density at radius 1 is 1.14 bits per heavy atom. The molecule has 0 saturated carbocycles. The molecule has 2 amide bonds. The van der Waals surface area contributed by atoms with E-state index >= 15 is 0 Å². The Morgan fingerprint density at radius 2 is 1.86 bits per heavy atom. The Bertz CT molecular complexity index is 864. The number of rotatable bonds is 6. The van der Waals surface area contributed by atoms with Crippen LogP contribution in [0.4, 0.5) is 5.95 Å². The number of carbonyl (C=O) groups is 2. The van der Waals surface area contributed by atoms with Crippen molar-refractivity contribution in [3.63, 3.8) is 0 Å². The Balaban J connectivity index is 1.48. The largest absolute Gasteiger partial charge is 0.497 e. The first-order valence-electron chi connectivity index (χ1n) is 9.44. The molecule has 0 unspecified atom stereocenters. The van der Waals surface area contributed by atoms with Crippen molar-refractivity contribution in [3.05, 3.63) is 54.4 Å². The maximum Gasteiger partial charge on any atom is 0.246 e. The van der Waals surface area contributed by atoms with Crippen molar-refractivity contribution in [1.29, 1.82) is 0 Å². The van der Waals surface area contributed by atoms with E-state index < -0.39 is 0 Å². The van der Waals surface area contributed by atoms with Crippen molar-refractivity contribution >= 4 is 23.8 Å². The summed E-state index contributed by atoms with van der Waals surface area (Å²) < 4.78 is 5.17. The van der Waals surface area contributed by atoms with Crippen LogP contribution in [0.2, 0.25) is 0 Å². The molecule has 1 aromatic carbocycles. The molecule has 0 spiro atoms. The van der Waals surface area contributed by atoms with Crippen molar-refractivity contribution in [3.8, 4) is 5.75 Å². The standard InChI is InChI=1S/C21H25N5O3/c1-24(19(27)8-7-17-5-3-6-18(15-17)29-2)16-20(28)25-11-13-26(14-12-25)21-22-9-4-10-23-21/h3-10,15H,11-14,16H2,1-2H3/b8-7+. The minimum atomic E-state index is -0.225. The molecular weight excluding hydrogens is 370 g/mol. The second-order valence-electron chi connectivity index (χ2n) is 6.72. The average molecular weight is 395 g/mol. The number of benzene rings is 1. The minimum Gasteiger partial charge on any atom is -0.497 e. The summed E-state index contributed by atoms with van der Waals surface area (Å²) in [6.07, 6.45) is 6.59. The van der Waals surface area contributed by atoms with Crippen molar-refractivity contribution < 1.29 is 14.3 Å². The lowest BCUT2D eigenvalue weighted by molar-refractivity contribution is -0.137. The maximum atomic E-state index is 12.6. The SMILES string of the molecule is COc1cccc(/C=C/C(=O)N(C)CC(=O)N2CCN(c3ncccn3)CC2)c1. The Labute approximate surface area is 170 Å². The van der Waals surface area contributed by atoms with Gasteiger partial charge in [-0.15, -0.1) is 0 Å². The molecule has 1 aliphatic rings. The average Bonchev–Trinajstić information content (AvgIpc) is 2.78. The number of likely N-dealkylation sites (N-methyl/N-ethyl adjacent to an activating group) is 1. The first-order valence-corrected chi connectivity index (χ1v) is 9.44. The molecular formula is C21H25N5O3. The van der Waals surface area contributed by atoms with E-state index in [9.17, 15) is 9.59 Å². The van der Waals surface area contributed by atoms with Gasteiger partial charge in [0.25, 0.3) is 0 Å². The Hall–Kier alpha value is -3.42. The highest BCUT2D eigenvalue weighted by Gasteiger charge is 2.23. The number of hydrogen-bond donors (Lipinski definition) is 0. The summed E-state index contributed by atoms with van der Waals surface area (Å²) in [5, 5.41) is 0. The minimum absolute atomic E-state index is 0.0448. The van der Waals surface area contributed by atoms with Crippen LogP contribution in [0.1, 0.15) is 5.56 Å². The van der Waals surface area contributed by atoms with E-state index in [0.717, 1.165) is 11.3 Å². The number of nitrogens with zero attached hydrogens (tertiary/aromatic N) is 5. The molecule has 8 heteroatoms. The third-order valence-corrected chi connectivity index (χ3v) is 4.73. The van der Waals surface area contributed by atoms with E-state index in [1.54, 1.807) is 43.6 Å². The fourth-order valence-electron chi connectivity index (χ4n) is 3.03. The van der Waals surface area contributed by atoms with Crippen LogP contribution in [-0.4, -0.2) is 78.5 Å². The molecule has 0 radical (unpaired) electrons. The zero-order chi connectivity index (χ0) is 20.6.